The first kappa shape index (κ1) is 28.6. The molecule has 0 saturated heterocycles. The van der Waals surface area contributed by atoms with E-state index in [0.29, 0.717) is 0 Å². The average Bonchev–Trinajstić information content (AvgIpc) is 3.53. The molecule has 0 saturated carbocycles. The summed E-state index contributed by atoms with van der Waals surface area (Å²) in [5.41, 5.74) is 4.01. The Morgan fingerprint density at radius 3 is 1.64 bits per heavy atom. The Bertz CT molecular complexity index is 822. The third-order valence-electron chi connectivity index (χ3n) is 4.86. The summed E-state index contributed by atoms with van der Waals surface area (Å²) >= 11 is 0. The average molecular weight is 485 g/mol. The fourth-order valence-electron chi connectivity index (χ4n) is 3.35. The number of aliphatic hydroxyl groups excluding tert-OH is 1. The molecule has 0 aromatic carbocycles. The number of H-pyrrole nitrogens is 3. The van der Waals surface area contributed by atoms with Gasteiger partial charge in [0, 0.05) is 54.9 Å². The van der Waals surface area contributed by atoms with Gasteiger partial charge in [0.1, 0.15) is 13.1 Å². The minimum absolute atomic E-state index is 0.214. The van der Waals surface area contributed by atoms with Gasteiger partial charge in [-0.15, -0.1) is 0 Å². The van der Waals surface area contributed by atoms with Gasteiger partial charge in [0.05, 0.1) is 29.9 Å². The Hall–Kier alpha value is -2.45. The lowest BCUT2D eigenvalue weighted by atomic mass is 9.90. The fourth-order valence-corrected chi connectivity index (χ4v) is 3.35. The van der Waals surface area contributed by atoms with Crippen molar-refractivity contribution in [2.45, 2.75) is 26.6 Å². The molecule has 186 valence electrons. The maximum Gasteiger partial charge on any atom is 0.116 e. The summed E-state index contributed by atoms with van der Waals surface area (Å²) in [6, 6.07) is 12.6. The molecule has 0 aliphatic rings. The van der Waals surface area contributed by atoms with Crippen LogP contribution in [0.1, 0.15) is 24.0 Å². The quantitative estimate of drug-likeness (QED) is 0.122. The molecule has 3 aromatic rings. The van der Waals surface area contributed by atoms with Gasteiger partial charge in [-0.05, 0) is 43.3 Å². The van der Waals surface area contributed by atoms with Crippen LogP contribution in [0.3, 0.4) is 0 Å². The number of aromatic amines is 3. The van der Waals surface area contributed by atoms with E-state index >= 15 is 0 Å². The second-order valence-electron chi connectivity index (χ2n) is 7.80. The summed E-state index contributed by atoms with van der Waals surface area (Å²) < 4.78 is 34.1. The predicted molar refractivity (Wildman–Crippen MR) is 122 cm³/mol. The molecule has 0 radical (unpaired) electrons. The summed E-state index contributed by atoms with van der Waals surface area (Å²) in [6.07, 6.45) is 5.96. The molecule has 0 aliphatic heterocycles. The molecule has 12 heteroatoms. The van der Waals surface area contributed by atoms with Crippen LogP contribution in [0.4, 0.5) is 0 Å². The summed E-state index contributed by atoms with van der Waals surface area (Å²) in [7, 11) is -4.17. The SMILES string of the molecule is CC(CNCc1ccc[nH]1)(C[NH2+]Cc1ccc[nH]1)C[NH2+]Cc1ccc[nH]1.CO.O=S(=O)([O-])[O-]. The number of rotatable bonds is 12. The van der Waals surface area contributed by atoms with E-state index in [0.717, 1.165) is 46.4 Å². The monoisotopic (exact) mass is 484 g/mol. The highest BCUT2D eigenvalue weighted by molar-refractivity contribution is 7.79. The van der Waals surface area contributed by atoms with Crippen molar-refractivity contribution in [3.8, 4) is 0 Å². The number of nitrogens with two attached hydrogens (primary N) is 2. The molecule has 9 N–H and O–H groups in total. The lowest BCUT2D eigenvalue weighted by Crippen LogP contribution is -2.92. The van der Waals surface area contributed by atoms with Crippen LogP contribution < -0.4 is 16.0 Å². The molecule has 0 atom stereocenters. The van der Waals surface area contributed by atoms with Crippen LogP contribution in [-0.4, -0.2) is 64.3 Å². The molecule has 0 bridgehead atoms. The zero-order valence-electron chi connectivity index (χ0n) is 19.1. The van der Waals surface area contributed by atoms with Crippen LogP contribution in [-0.2, 0) is 30.0 Å². The van der Waals surface area contributed by atoms with Gasteiger partial charge < -0.3 is 45.1 Å². The summed E-state index contributed by atoms with van der Waals surface area (Å²) in [5.74, 6) is 0. The fraction of sp³-hybridized carbons (Fsp3) is 0.429. The zero-order chi connectivity index (χ0) is 24.6. The van der Waals surface area contributed by atoms with Crippen molar-refractivity contribution in [2.75, 3.05) is 26.7 Å². The van der Waals surface area contributed by atoms with E-state index in [1.807, 2.05) is 24.7 Å². The van der Waals surface area contributed by atoms with Gasteiger partial charge in [-0.1, -0.05) is 0 Å². The zero-order valence-corrected chi connectivity index (χ0v) is 19.9. The lowest BCUT2D eigenvalue weighted by molar-refractivity contribution is -0.714. The van der Waals surface area contributed by atoms with Crippen molar-refractivity contribution in [1.82, 2.24) is 20.3 Å². The van der Waals surface area contributed by atoms with E-state index in [-0.39, 0.29) is 5.41 Å². The van der Waals surface area contributed by atoms with Crippen molar-refractivity contribution in [3.63, 3.8) is 0 Å². The molecule has 0 unspecified atom stereocenters. The van der Waals surface area contributed by atoms with E-state index < -0.39 is 10.4 Å². The van der Waals surface area contributed by atoms with Gasteiger partial charge >= 0.3 is 0 Å². The molecule has 33 heavy (non-hydrogen) atoms. The van der Waals surface area contributed by atoms with E-state index in [1.54, 1.807) is 0 Å². The minimum atomic E-state index is -5.17. The maximum atomic E-state index is 8.52. The highest BCUT2D eigenvalue weighted by Gasteiger charge is 2.28. The van der Waals surface area contributed by atoms with Crippen molar-refractivity contribution in [3.05, 3.63) is 72.1 Å². The Kier molecular flexibility index (Phi) is 13.3. The summed E-state index contributed by atoms with van der Waals surface area (Å²) in [5, 5.41) is 15.4. The topological polar surface area (TPSA) is 193 Å². The second kappa shape index (κ2) is 15.4. The maximum absolute atomic E-state index is 8.52. The number of quaternary nitrogens is 2. The van der Waals surface area contributed by atoms with E-state index in [4.69, 9.17) is 22.6 Å². The lowest BCUT2D eigenvalue weighted by Gasteiger charge is -2.26. The van der Waals surface area contributed by atoms with E-state index in [9.17, 15) is 0 Å². The van der Waals surface area contributed by atoms with E-state index in [2.05, 4.69) is 68.2 Å². The van der Waals surface area contributed by atoms with Gasteiger partial charge in [-0.25, -0.2) is 0 Å². The van der Waals surface area contributed by atoms with Gasteiger partial charge in [0.25, 0.3) is 0 Å². The summed E-state index contributed by atoms with van der Waals surface area (Å²) in [6.45, 7) is 8.43. The van der Waals surface area contributed by atoms with Crippen molar-refractivity contribution in [2.24, 2.45) is 5.41 Å². The Morgan fingerprint density at radius 1 is 0.879 bits per heavy atom. The standard InChI is InChI=1S/C20H30N6.CH4O.H2O4S/c1-20(14-21-11-17-5-2-8-24-17,15-22-12-18-6-3-9-25-18)16-23-13-19-7-4-10-26-19;1-2;1-5(2,3)4/h2-10,21-26H,11-16H2,1H3;2H,1H3;(H2,1,2,3,4). The third-order valence-corrected chi connectivity index (χ3v) is 4.86. The van der Waals surface area contributed by atoms with Gasteiger partial charge in [-0.3, -0.25) is 8.42 Å². The molecule has 0 spiro atoms. The van der Waals surface area contributed by atoms with Crippen LogP contribution >= 0.6 is 0 Å². The molecule has 0 aliphatic carbocycles. The largest absolute Gasteiger partial charge is 0.759 e. The van der Waals surface area contributed by atoms with Gasteiger partial charge in [0.15, 0.2) is 0 Å². The summed E-state index contributed by atoms with van der Waals surface area (Å²) in [4.78, 5) is 9.83. The molecular weight excluding hydrogens is 448 g/mol. The van der Waals surface area contributed by atoms with Crippen molar-refractivity contribution >= 4 is 10.4 Å². The molecule has 3 aromatic heterocycles. The first-order chi connectivity index (χ1) is 15.7. The van der Waals surface area contributed by atoms with Crippen LogP contribution in [0.2, 0.25) is 0 Å². The molecular formula is C21H36N6O5S. The number of aliphatic hydroxyl groups is 1. The van der Waals surface area contributed by atoms with Gasteiger partial charge in [0.2, 0.25) is 0 Å². The molecule has 0 amide bonds. The molecule has 11 nitrogen and oxygen atoms in total. The van der Waals surface area contributed by atoms with Gasteiger partial charge in [-0.2, -0.15) is 0 Å². The molecule has 3 rings (SSSR count). The highest BCUT2D eigenvalue weighted by Crippen LogP contribution is 2.10. The Balaban J connectivity index is 0.000000689. The number of hydrogen-bond acceptors (Lipinski definition) is 6. The van der Waals surface area contributed by atoms with Crippen molar-refractivity contribution in [1.29, 1.82) is 0 Å². The first-order valence-corrected chi connectivity index (χ1v) is 11.9. The Labute approximate surface area is 195 Å². The van der Waals surface area contributed by atoms with Crippen LogP contribution in [0.25, 0.3) is 0 Å². The van der Waals surface area contributed by atoms with Crippen LogP contribution in [0, 0.1) is 5.41 Å². The highest BCUT2D eigenvalue weighted by atomic mass is 32.3. The van der Waals surface area contributed by atoms with E-state index in [1.165, 1.54) is 17.1 Å². The number of hydrogen-bond donors (Lipinski definition) is 7. The molecule has 0 fully saturated rings. The van der Waals surface area contributed by atoms with Crippen LogP contribution in [0.15, 0.2) is 55.0 Å². The van der Waals surface area contributed by atoms with Crippen molar-refractivity contribution < 1.29 is 33.3 Å². The normalized spacial score (nSPS) is 11.3. The minimum Gasteiger partial charge on any atom is -0.759 e. The number of aromatic nitrogens is 3. The predicted octanol–water partition coefficient (Wildman–Crippen LogP) is -1.44. The Morgan fingerprint density at radius 2 is 1.27 bits per heavy atom. The number of nitrogens with one attached hydrogen (secondary N) is 4. The van der Waals surface area contributed by atoms with Crippen LogP contribution in [0.5, 0.6) is 0 Å². The molecule has 3 heterocycles. The second-order valence-corrected chi connectivity index (χ2v) is 8.62. The smallest absolute Gasteiger partial charge is 0.116 e. The third kappa shape index (κ3) is 14.3. The first-order valence-electron chi connectivity index (χ1n) is 10.6.